The Kier molecular flexibility index (Phi) is 7.88. The van der Waals surface area contributed by atoms with Gasteiger partial charge in [-0.05, 0) is 65.3 Å². The van der Waals surface area contributed by atoms with Crippen LogP contribution in [-0.4, -0.2) is 48.2 Å². The normalized spacial score (nSPS) is 11.1. The van der Waals surface area contributed by atoms with Crippen molar-refractivity contribution < 1.29 is 14.9 Å². The van der Waals surface area contributed by atoms with Crippen LogP contribution in [-0.2, 0) is 25.9 Å². The van der Waals surface area contributed by atoms with E-state index in [2.05, 4.69) is 13.2 Å². The highest BCUT2D eigenvalue weighted by molar-refractivity contribution is 5.51. The first-order valence-corrected chi connectivity index (χ1v) is 9.63. The summed E-state index contributed by atoms with van der Waals surface area (Å²) >= 11 is 0. The van der Waals surface area contributed by atoms with Gasteiger partial charge in [0.2, 0.25) is 0 Å². The van der Waals surface area contributed by atoms with Crippen molar-refractivity contribution in [3.05, 3.63) is 71.8 Å². The lowest BCUT2D eigenvalue weighted by atomic mass is 10.0. The minimum atomic E-state index is 0.275. The molecule has 0 aliphatic rings. The fourth-order valence-electron chi connectivity index (χ4n) is 3.25. The van der Waals surface area contributed by atoms with Crippen molar-refractivity contribution in [3.63, 3.8) is 0 Å². The molecule has 156 valence electrons. The molecule has 0 fully saturated rings. The number of hydrogen-bond acceptors (Lipinski definition) is 5. The lowest BCUT2D eigenvalue weighted by molar-refractivity contribution is 0.379. The Balaban J connectivity index is 2.48. The third-order valence-electron chi connectivity index (χ3n) is 4.42. The zero-order valence-electron chi connectivity index (χ0n) is 17.9. The third-order valence-corrected chi connectivity index (χ3v) is 4.42. The van der Waals surface area contributed by atoms with Crippen LogP contribution >= 0.6 is 0 Å². The largest absolute Gasteiger partial charge is 0.507 e. The third kappa shape index (κ3) is 6.11. The van der Waals surface area contributed by atoms with Crippen LogP contribution in [0.1, 0.15) is 22.3 Å². The molecule has 0 unspecified atom stereocenters. The quantitative estimate of drug-likeness (QED) is 0.580. The maximum Gasteiger partial charge on any atom is 0.128 e. The van der Waals surface area contributed by atoms with Gasteiger partial charge in [0.15, 0.2) is 0 Å². The molecule has 0 spiro atoms. The first-order valence-electron chi connectivity index (χ1n) is 9.63. The van der Waals surface area contributed by atoms with Gasteiger partial charge in [0.05, 0.1) is 0 Å². The topological polar surface area (TPSA) is 56.2 Å². The molecule has 5 nitrogen and oxygen atoms in total. The molecule has 5 heteroatoms. The molecule has 2 aromatic rings. The Morgan fingerprint density at radius 3 is 1.38 bits per heavy atom. The summed E-state index contributed by atoms with van der Waals surface area (Å²) in [6.45, 7) is 8.74. The Bertz CT molecular complexity index is 801. The van der Waals surface area contributed by atoms with Crippen LogP contribution in [0.4, 0.5) is 0 Å². The Morgan fingerprint density at radius 1 is 0.724 bits per heavy atom. The molecule has 0 saturated carbocycles. The first-order chi connectivity index (χ1) is 13.7. The van der Waals surface area contributed by atoms with Crippen molar-refractivity contribution in [3.8, 4) is 23.0 Å². The van der Waals surface area contributed by atoms with E-state index in [4.69, 9.17) is 4.74 Å². The monoisotopic (exact) mass is 396 g/mol. The van der Waals surface area contributed by atoms with Crippen molar-refractivity contribution in [1.29, 1.82) is 0 Å². The van der Waals surface area contributed by atoms with Gasteiger partial charge in [-0.25, -0.2) is 0 Å². The highest BCUT2D eigenvalue weighted by atomic mass is 16.5. The number of ether oxygens (including phenoxy) is 1. The first kappa shape index (κ1) is 22.5. The molecule has 2 rings (SSSR count). The summed E-state index contributed by atoms with van der Waals surface area (Å²) in [6, 6.07) is 7.38. The predicted molar refractivity (Wildman–Crippen MR) is 119 cm³/mol. The molecule has 0 bridgehead atoms. The van der Waals surface area contributed by atoms with Crippen LogP contribution in [0, 0.1) is 0 Å². The molecule has 29 heavy (non-hydrogen) atoms. The molecule has 0 heterocycles. The summed E-state index contributed by atoms with van der Waals surface area (Å²) in [6.07, 6.45) is 4.62. The van der Waals surface area contributed by atoms with Crippen LogP contribution < -0.4 is 4.74 Å². The molecule has 2 aromatic carbocycles. The fourth-order valence-corrected chi connectivity index (χ4v) is 3.25. The van der Waals surface area contributed by atoms with Crippen molar-refractivity contribution in [2.75, 3.05) is 28.2 Å². The second kappa shape index (κ2) is 10.1. The summed E-state index contributed by atoms with van der Waals surface area (Å²) in [4.78, 5) is 3.99. The molecule has 0 atom stereocenters. The van der Waals surface area contributed by atoms with Crippen molar-refractivity contribution in [2.24, 2.45) is 0 Å². The van der Waals surface area contributed by atoms with E-state index in [-0.39, 0.29) is 11.5 Å². The average molecular weight is 397 g/mol. The van der Waals surface area contributed by atoms with Gasteiger partial charge < -0.3 is 24.7 Å². The van der Waals surface area contributed by atoms with Gasteiger partial charge in [-0.3, -0.25) is 0 Å². The number of phenols is 2. The van der Waals surface area contributed by atoms with Crippen LogP contribution in [0.2, 0.25) is 0 Å². The SMILES string of the molecule is C=CCc1cc(Oc2cc(CC=C)c(O)c(CN(C)C)c2)cc(CN(C)C)c1O. The fraction of sp³-hybridized carbons (Fsp3) is 0.333. The molecule has 0 aliphatic heterocycles. The van der Waals surface area contributed by atoms with E-state index in [0.29, 0.717) is 37.4 Å². The van der Waals surface area contributed by atoms with Crippen molar-refractivity contribution in [1.82, 2.24) is 9.80 Å². The van der Waals surface area contributed by atoms with Gasteiger partial charge in [0.1, 0.15) is 23.0 Å². The maximum absolute atomic E-state index is 10.6. The Morgan fingerprint density at radius 2 is 1.07 bits per heavy atom. The predicted octanol–water partition coefficient (Wildman–Crippen LogP) is 4.47. The highest BCUT2D eigenvalue weighted by Gasteiger charge is 2.14. The number of aromatic hydroxyl groups is 2. The Labute approximate surface area is 174 Å². The summed E-state index contributed by atoms with van der Waals surface area (Å²) in [5.74, 6) is 1.83. The molecule has 0 amide bonds. The molecular weight excluding hydrogens is 364 g/mol. The molecule has 2 N–H and O–H groups in total. The van der Waals surface area contributed by atoms with Gasteiger partial charge in [-0.2, -0.15) is 0 Å². The van der Waals surface area contributed by atoms with Crippen LogP contribution in [0.5, 0.6) is 23.0 Å². The number of allylic oxidation sites excluding steroid dienone is 2. The molecule has 0 radical (unpaired) electrons. The lowest BCUT2D eigenvalue weighted by Gasteiger charge is -2.18. The zero-order chi connectivity index (χ0) is 21.6. The molecule has 0 aliphatic carbocycles. The molecule has 0 aromatic heterocycles. The van der Waals surface area contributed by atoms with Gasteiger partial charge in [0.25, 0.3) is 0 Å². The van der Waals surface area contributed by atoms with Crippen molar-refractivity contribution >= 4 is 0 Å². The second-order valence-electron chi connectivity index (χ2n) is 7.74. The van der Waals surface area contributed by atoms with Gasteiger partial charge >= 0.3 is 0 Å². The summed E-state index contributed by atoms with van der Waals surface area (Å²) in [7, 11) is 7.81. The van der Waals surface area contributed by atoms with E-state index in [0.717, 1.165) is 22.3 Å². The summed E-state index contributed by atoms with van der Waals surface area (Å²) in [5.41, 5.74) is 3.13. The summed E-state index contributed by atoms with van der Waals surface area (Å²) in [5, 5.41) is 21.1. The van der Waals surface area contributed by atoms with Gasteiger partial charge in [0, 0.05) is 35.3 Å². The molecule has 0 saturated heterocycles. The van der Waals surface area contributed by atoms with E-state index in [1.54, 1.807) is 12.2 Å². The Hall–Kier alpha value is -2.76. The highest BCUT2D eigenvalue weighted by Crippen LogP contribution is 2.35. The van der Waals surface area contributed by atoms with Gasteiger partial charge in [-0.1, -0.05) is 12.2 Å². The standard InChI is InChI=1S/C24H32N2O3/c1-7-9-17-11-21(13-19(23(17)27)15-25(3)4)29-22-12-18(10-8-2)24(28)20(14-22)16-26(5)6/h7-8,11-14,27-28H,1-2,9-10,15-16H2,3-6H3. The van der Waals surface area contributed by atoms with Crippen LogP contribution in [0.25, 0.3) is 0 Å². The number of phenolic OH excluding ortho intramolecular Hbond substituents is 2. The van der Waals surface area contributed by atoms with Crippen LogP contribution in [0.15, 0.2) is 49.6 Å². The zero-order valence-corrected chi connectivity index (χ0v) is 17.9. The second-order valence-corrected chi connectivity index (χ2v) is 7.74. The molecular formula is C24H32N2O3. The van der Waals surface area contributed by atoms with E-state index in [1.165, 1.54) is 0 Å². The van der Waals surface area contributed by atoms with Crippen LogP contribution in [0.3, 0.4) is 0 Å². The van der Waals surface area contributed by atoms with E-state index in [9.17, 15) is 10.2 Å². The van der Waals surface area contributed by atoms with E-state index >= 15 is 0 Å². The number of hydrogen-bond donors (Lipinski definition) is 2. The number of nitrogens with zero attached hydrogens (tertiary/aromatic N) is 2. The van der Waals surface area contributed by atoms with Crippen molar-refractivity contribution in [2.45, 2.75) is 25.9 Å². The van der Waals surface area contributed by atoms with E-state index < -0.39 is 0 Å². The minimum absolute atomic E-state index is 0.275. The van der Waals surface area contributed by atoms with Gasteiger partial charge in [-0.15, -0.1) is 13.2 Å². The smallest absolute Gasteiger partial charge is 0.128 e. The number of rotatable bonds is 10. The van der Waals surface area contributed by atoms with E-state index in [1.807, 2.05) is 62.3 Å². The number of benzene rings is 2. The maximum atomic E-state index is 10.6. The minimum Gasteiger partial charge on any atom is -0.507 e. The summed E-state index contributed by atoms with van der Waals surface area (Å²) < 4.78 is 6.18. The average Bonchev–Trinajstić information content (AvgIpc) is 2.62. The lowest BCUT2D eigenvalue weighted by Crippen LogP contribution is -2.11.